The number of methoxy groups -OCH3 is 2. The van der Waals surface area contributed by atoms with E-state index in [9.17, 15) is 19.5 Å². The van der Waals surface area contributed by atoms with Crippen molar-refractivity contribution in [3.8, 4) is 11.5 Å². The van der Waals surface area contributed by atoms with Crippen molar-refractivity contribution in [1.29, 1.82) is 0 Å². The second-order valence-electron chi connectivity index (χ2n) is 7.77. The Morgan fingerprint density at radius 1 is 1.08 bits per heavy atom. The minimum absolute atomic E-state index is 0.125. The van der Waals surface area contributed by atoms with Crippen LogP contribution in [0.1, 0.15) is 39.5 Å². The number of para-hydroxylation sites is 1. The van der Waals surface area contributed by atoms with Gasteiger partial charge in [0.15, 0.2) is 5.13 Å². The maximum absolute atomic E-state index is 13.4. The van der Waals surface area contributed by atoms with Crippen LogP contribution in [0.25, 0.3) is 5.76 Å². The molecule has 1 unspecified atom stereocenters. The lowest BCUT2D eigenvalue weighted by atomic mass is 9.94. The lowest BCUT2D eigenvalue weighted by molar-refractivity contribution is -0.132. The average molecular weight is 509 g/mol. The standard InChI is InChI=1S/C26H24N2O7S/c1-5-35-25(32)23-14(2)27-26(36-23)28-20(17-8-6-7-9-18(17)34-4)19(22(30)24(28)31)21(29)15-10-12-16(33-3)13-11-15/h6-13,20,29H,5H2,1-4H3. The summed E-state index contributed by atoms with van der Waals surface area (Å²) in [5, 5.41) is 11.4. The number of nitrogens with zero attached hydrogens (tertiary/aromatic N) is 2. The van der Waals surface area contributed by atoms with Crippen LogP contribution in [0.5, 0.6) is 11.5 Å². The number of hydrogen-bond acceptors (Lipinski definition) is 9. The lowest BCUT2D eigenvalue weighted by Crippen LogP contribution is -2.29. The van der Waals surface area contributed by atoms with Gasteiger partial charge in [-0.3, -0.25) is 14.5 Å². The summed E-state index contributed by atoms with van der Waals surface area (Å²) in [6, 6.07) is 12.3. The number of benzene rings is 2. The number of rotatable bonds is 7. The number of amides is 1. The fourth-order valence-corrected chi connectivity index (χ4v) is 4.98. The van der Waals surface area contributed by atoms with E-state index in [1.54, 1.807) is 62.4 Å². The second kappa shape index (κ2) is 10.2. The molecule has 1 saturated heterocycles. The van der Waals surface area contributed by atoms with Gasteiger partial charge in [-0.15, -0.1) is 0 Å². The molecule has 0 saturated carbocycles. The van der Waals surface area contributed by atoms with E-state index in [4.69, 9.17) is 14.2 Å². The molecule has 9 nitrogen and oxygen atoms in total. The van der Waals surface area contributed by atoms with E-state index in [2.05, 4.69) is 4.98 Å². The van der Waals surface area contributed by atoms with Gasteiger partial charge in [-0.2, -0.15) is 0 Å². The Morgan fingerprint density at radius 3 is 2.42 bits per heavy atom. The van der Waals surface area contributed by atoms with Crippen LogP contribution < -0.4 is 14.4 Å². The summed E-state index contributed by atoms with van der Waals surface area (Å²) in [5.74, 6) is -1.71. The summed E-state index contributed by atoms with van der Waals surface area (Å²) in [4.78, 5) is 44.9. The van der Waals surface area contributed by atoms with Crippen molar-refractivity contribution in [3.05, 3.63) is 75.8 Å². The third kappa shape index (κ3) is 4.31. The van der Waals surface area contributed by atoms with Crippen LogP contribution in [0.4, 0.5) is 5.13 Å². The van der Waals surface area contributed by atoms with E-state index < -0.39 is 23.7 Å². The molecule has 2 heterocycles. The molecule has 36 heavy (non-hydrogen) atoms. The number of ketones is 1. The fraction of sp³-hybridized carbons (Fsp3) is 0.231. The van der Waals surface area contributed by atoms with E-state index in [0.29, 0.717) is 28.3 Å². The summed E-state index contributed by atoms with van der Waals surface area (Å²) in [7, 11) is 2.99. The van der Waals surface area contributed by atoms with Crippen molar-refractivity contribution in [3.63, 3.8) is 0 Å². The van der Waals surface area contributed by atoms with Crippen LogP contribution in [0.15, 0.2) is 54.1 Å². The summed E-state index contributed by atoms with van der Waals surface area (Å²) in [6.07, 6.45) is 0. The highest BCUT2D eigenvalue weighted by Gasteiger charge is 2.49. The zero-order valence-corrected chi connectivity index (χ0v) is 20.9. The van der Waals surface area contributed by atoms with Crippen LogP contribution in [0.2, 0.25) is 0 Å². The smallest absolute Gasteiger partial charge is 0.350 e. The first-order valence-corrected chi connectivity index (χ1v) is 11.9. The van der Waals surface area contributed by atoms with Gasteiger partial charge >= 0.3 is 11.9 Å². The number of esters is 1. The summed E-state index contributed by atoms with van der Waals surface area (Å²) in [5.41, 5.74) is 1.04. The van der Waals surface area contributed by atoms with E-state index >= 15 is 0 Å². The molecule has 1 aliphatic rings. The third-order valence-corrected chi connectivity index (χ3v) is 6.83. The van der Waals surface area contributed by atoms with Crippen LogP contribution in [-0.4, -0.2) is 48.6 Å². The molecule has 0 spiro atoms. The number of aryl methyl sites for hydroxylation is 1. The van der Waals surface area contributed by atoms with Gasteiger partial charge in [0.05, 0.1) is 32.1 Å². The number of thiazole rings is 1. The van der Waals surface area contributed by atoms with E-state index in [1.165, 1.54) is 19.1 Å². The highest BCUT2D eigenvalue weighted by atomic mass is 32.1. The maximum atomic E-state index is 13.4. The van der Waals surface area contributed by atoms with E-state index in [0.717, 1.165) is 11.3 Å². The summed E-state index contributed by atoms with van der Waals surface area (Å²) in [6.45, 7) is 3.49. The first-order valence-electron chi connectivity index (χ1n) is 11.0. The molecule has 4 rings (SSSR count). The fourth-order valence-electron chi connectivity index (χ4n) is 3.99. The molecular formula is C26H24N2O7S. The zero-order chi connectivity index (χ0) is 26.0. The number of Topliss-reactive ketones (excluding diaryl/α,β-unsaturated/α-hetero) is 1. The molecule has 1 N–H and O–H groups in total. The van der Waals surface area contributed by atoms with Crippen molar-refractivity contribution in [1.82, 2.24) is 4.98 Å². The molecule has 0 aliphatic carbocycles. The number of aliphatic hydroxyl groups excluding tert-OH is 1. The number of aromatic nitrogens is 1. The molecule has 3 aromatic rings. The van der Waals surface area contributed by atoms with Crippen molar-refractivity contribution in [2.45, 2.75) is 19.9 Å². The van der Waals surface area contributed by atoms with Gasteiger partial charge in [0.2, 0.25) is 0 Å². The van der Waals surface area contributed by atoms with Crippen LogP contribution in [-0.2, 0) is 14.3 Å². The summed E-state index contributed by atoms with van der Waals surface area (Å²) < 4.78 is 15.8. The number of hydrogen-bond donors (Lipinski definition) is 1. The maximum Gasteiger partial charge on any atom is 0.350 e. The Morgan fingerprint density at radius 2 is 1.78 bits per heavy atom. The van der Waals surface area contributed by atoms with Gasteiger partial charge in [-0.05, 0) is 44.2 Å². The van der Waals surface area contributed by atoms with Gasteiger partial charge in [0.1, 0.15) is 28.2 Å². The quantitative estimate of drug-likeness (QED) is 0.218. The second-order valence-corrected chi connectivity index (χ2v) is 8.75. The Kier molecular flexibility index (Phi) is 7.07. The number of ether oxygens (including phenoxy) is 3. The van der Waals surface area contributed by atoms with Crippen LogP contribution >= 0.6 is 11.3 Å². The molecule has 2 aromatic carbocycles. The largest absolute Gasteiger partial charge is 0.507 e. The number of carbonyl (C=O) groups is 3. The average Bonchev–Trinajstić information content (AvgIpc) is 3.40. The minimum atomic E-state index is -1.05. The van der Waals surface area contributed by atoms with E-state index in [-0.39, 0.29) is 27.9 Å². The van der Waals surface area contributed by atoms with E-state index in [1.807, 2.05) is 0 Å². The van der Waals surface area contributed by atoms with Crippen LogP contribution in [0, 0.1) is 6.92 Å². The first-order chi connectivity index (χ1) is 17.3. The van der Waals surface area contributed by atoms with Crippen LogP contribution in [0.3, 0.4) is 0 Å². The molecule has 186 valence electrons. The highest BCUT2D eigenvalue weighted by molar-refractivity contribution is 7.17. The predicted octanol–water partition coefficient (Wildman–Crippen LogP) is 4.27. The molecule has 10 heteroatoms. The Balaban J connectivity index is 1.93. The monoisotopic (exact) mass is 508 g/mol. The molecule has 1 fully saturated rings. The van der Waals surface area contributed by atoms with Gasteiger partial charge in [-0.25, -0.2) is 9.78 Å². The van der Waals surface area contributed by atoms with Gasteiger partial charge in [0.25, 0.3) is 5.78 Å². The topological polar surface area (TPSA) is 115 Å². The van der Waals surface area contributed by atoms with Crippen molar-refractivity contribution in [2.75, 3.05) is 25.7 Å². The van der Waals surface area contributed by atoms with Crippen molar-refractivity contribution < 1.29 is 33.7 Å². The Labute approximate surface area is 211 Å². The molecule has 1 aromatic heterocycles. The number of carbonyl (C=O) groups excluding carboxylic acids is 3. The molecule has 0 bridgehead atoms. The first kappa shape index (κ1) is 24.9. The molecular weight excluding hydrogens is 484 g/mol. The molecule has 1 aliphatic heterocycles. The van der Waals surface area contributed by atoms with Gasteiger partial charge < -0.3 is 19.3 Å². The SMILES string of the molecule is CCOC(=O)c1sc(N2C(=O)C(=O)C(=C(O)c3ccc(OC)cc3)C2c2ccccc2OC)nc1C. The number of aliphatic hydroxyl groups is 1. The molecule has 1 atom stereocenters. The Bertz CT molecular complexity index is 1360. The van der Waals surface area contributed by atoms with Crippen molar-refractivity contribution >= 4 is 39.9 Å². The van der Waals surface area contributed by atoms with Crippen molar-refractivity contribution in [2.24, 2.45) is 0 Å². The zero-order valence-electron chi connectivity index (χ0n) is 20.1. The third-order valence-electron chi connectivity index (χ3n) is 5.69. The predicted molar refractivity (Wildman–Crippen MR) is 134 cm³/mol. The molecule has 1 amide bonds. The normalized spacial score (nSPS) is 16.8. The lowest BCUT2D eigenvalue weighted by Gasteiger charge is -2.24. The summed E-state index contributed by atoms with van der Waals surface area (Å²) >= 11 is 0.943. The molecule has 0 radical (unpaired) electrons. The minimum Gasteiger partial charge on any atom is -0.507 e. The Hall–Kier alpha value is -4.18. The van der Waals surface area contributed by atoms with Gasteiger partial charge in [0, 0.05) is 11.1 Å². The number of anilines is 1. The van der Waals surface area contributed by atoms with Gasteiger partial charge in [-0.1, -0.05) is 29.5 Å². The highest BCUT2D eigenvalue weighted by Crippen LogP contribution is 2.46.